The Balaban J connectivity index is 2.27. The van der Waals surface area contributed by atoms with Crippen molar-refractivity contribution in [2.24, 2.45) is 0 Å². The summed E-state index contributed by atoms with van der Waals surface area (Å²) in [5.74, 6) is 1.02. The molecule has 1 heteroatoms. The third kappa shape index (κ3) is 2.10. The van der Waals surface area contributed by atoms with E-state index in [4.69, 9.17) is 0 Å². The predicted molar refractivity (Wildman–Crippen MR) is 44.5 cm³/mol. The van der Waals surface area contributed by atoms with E-state index in [0.29, 0.717) is 0 Å². The summed E-state index contributed by atoms with van der Waals surface area (Å²) in [6, 6.07) is 0. The summed E-state index contributed by atoms with van der Waals surface area (Å²) >= 11 is 1.84. The third-order valence-corrected chi connectivity index (χ3v) is 2.14. The summed E-state index contributed by atoms with van der Waals surface area (Å²) in [5, 5.41) is 0. The summed E-state index contributed by atoms with van der Waals surface area (Å²) in [6.45, 7) is 3.65. The van der Waals surface area contributed by atoms with E-state index in [1.807, 2.05) is 17.8 Å². The zero-order valence-corrected chi connectivity index (χ0v) is 6.16. The topological polar surface area (TPSA) is 0 Å². The van der Waals surface area contributed by atoms with Gasteiger partial charge < -0.3 is 0 Å². The second-order valence-corrected chi connectivity index (χ2v) is 2.94. The van der Waals surface area contributed by atoms with Crippen LogP contribution >= 0.6 is 11.8 Å². The standard InChI is InChI=1S/C8H10S/c1-2-7-9-8-5-3-4-6-8/h2-3,5-6H,1,4,7H2. The molecule has 0 amide bonds. The molecule has 1 aliphatic carbocycles. The fourth-order valence-corrected chi connectivity index (χ4v) is 1.42. The first-order valence-corrected chi connectivity index (χ1v) is 4.02. The summed E-state index contributed by atoms with van der Waals surface area (Å²) in [7, 11) is 0. The van der Waals surface area contributed by atoms with E-state index in [-0.39, 0.29) is 0 Å². The molecule has 1 rings (SSSR count). The van der Waals surface area contributed by atoms with Crippen molar-refractivity contribution in [3.8, 4) is 0 Å². The quantitative estimate of drug-likeness (QED) is 0.540. The molecule has 0 aromatic heterocycles. The van der Waals surface area contributed by atoms with Crippen molar-refractivity contribution in [2.45, 2.75) is 6.42 Å². The summed E-state index contributed by atoms with van der Waals surface area (Å²) < 4.78 is 0. The van der Waals surface area contributed by atoms with Crippen molar-refractivity contribution in [1.29, 1.82) is 0 Å². The minimum absolute atomic E-state index is 1.02. The Labute approximate surface area is 60.3 Å². The van der Waals surface area contributed by atoms with Crippen molar-refractivity contribution in [1.82, 2.24) is 0 Å². The van der Waals surface area contributed by atoms with Crippen LogP contribution in [0, 0.1) is 0 Å². The Morgan fingerprint density at radius 3 is 3.22 bits per heavy atom. The lowest BCUT2D eigenvalue weighted by Gasteiger charge is -1.91. The van der Waals surface area contributed by atoms with Gasteiger partial charge in [-0.3, -0.25) is 0 Å². The van der Waals surface area contributed by atoms with E-state index in [0.717, 1.165) is 12.2 Å². The molecule has 0 unspecified atom stereocenters. The van der Waals surface area contributed by atoms with Gasteiger partial charge in [0.15, 0.2) is 0 Å². The largest absolute Gasteiger partial charge is 0.122 e. The van der Waals surface area contributed by atoms with Gasteiger partial charge in [-0.15, -0.1) is 18.3 Å². The molecule has 0 atom stereocenters. The molecule has 0 heterocycles. The van der Waals surface area contributed by atoms with Gasteiger partial charge in [0.2, 0.25) is 0 Å². The Hall–Kier alpha value is -0.430. The first-order valence-electron chi connectivity index (χ1n) is 3.04. The highest BCUT2D eigenvalue weighted by Gasteiger charge is 1.94. The lowest BCUT2D eigenvalue weighted by molar-refractivity contribution is 1.45. The van der Waals surface area contributed by atoms with Gasteiger partial charge in [-0.1, -0.05) is 24.3 Å². The molecule has 0 saturated carbocycles. The Kier molecular flexibility index (Phi) is 2.65. The lowest BCUT2D eigenvalue weighted by Crippen LogP contribution is -1.68. The maximum atomic E-state index is 3.65. The molecule has 0 radical (unpaired) electrons. The van der Waals surface area contributed by atoms with Gasteiger partial charge in [0.1, 0.15) is 0 Å². The second-order valence-electron chi connectivity index (χ2n) is 1.84. The number of hydrogen-bond donors (Lipinski definition) is 0. The normalized spacial score (nSPS) is 15.8. The molecule has 9 heavy (non-hydrogen) atoms. The van der Waals surface area contributed by atoms with Crippen LogP contribution in [0.25, 0.3) is 0 Å². The molecule has 0 aliphatic heterocycles. The van der Waals surface area contributed by atoms with E-state index < -0.39 is 0 Å². The summed E-state index contributed by atoms with van der Waals surface area (Å²) in [5.41, 5.74) is 0. The van der Waals surface area contributed by atoms with E-state index >= 15 is 0 Å². The fourth-order valence-electron chi connectivity index (χ4n) is 0.699. The maximum absolute atomic E-state index is 3.65. The Morgan fingerprint density at radius 2 is 2.67 bits per heavy atom. The fraction of sp³-hybridized carbons (Fsp3) is 0.250. The second kappa shape index (κ2) is 3.57. The van der Waals surface area contributed by atoms with Crippen molar-refractivity contribution < 1.29 is 0 Å². The van der Waals surface area contributed by atoms with Gasteiger partial charge >= 0.3 is 0 Å². The van der Waals surface area contributed by atoms with Gasteiger partial charge in [0.05, 0.1) is 0 Å². The maximum Gasteiger partial charge on any atom is 0.0158 e. The Morgan fingerprint density at radius 1 is 1.78 bits per heavy atom. The van der Waals surface area contributed by atoms with Crippen LogP contribution in [-0.4, -0.2) is 5.75 Å². The van der Waals surface area contributed by atoms with E-state index in [1.165, 1.54) is 4.91 Å². The molecular formula is C8H10S. The number of thioether (sulfide) groups is 1. The Bertz CT molecular complexity index is 154. The van der Waals surface area contributed by atoms with Crippen LogP contribution in [0.1, 0.15) is 6.42 Å². The first-order chi connectivity index (χ1) is 4.43. The van der Waals surface area contributed by atoms with Crippen molar-refractivity contribution in [3.05, 3.63) is 35.8 Å². The molecule has 0 bridgehead atoms. The monoisotopic (exact) mass is 138 g/mol. The minimum atomic E-state index is 1.02. The van der Waals surface area contributed by atoms with Gasteiger partial charge in [0.25, 0.3) is 0 Å². The van der Waals surface area contributed by atoms with Crippen molar-refractivity contribution in [2.75, 3.05) is 5.75 Å². The molecule has 0 nitrogen and oxygen atoms in total. The van der Waals surface area contributed by atoms with E-state index in [1.54, 1.807) is 0 Å². The number of allylic oxidation sites excluding steroid dienone is 3. The average molecular weight is 138 g/mol. The zero-order valence-electron chi connectivity index (χ0n) is 5.34. The van der Waals surface area contributed by atoms with Crippen molar-refractivity contribution >= 4 is 11.8 Å². The van der Waals surface area contributed by atoms with Crippen LogP contribution in [0.3, 0.4) is 0 Å². The molecule has 0 fully saturated rings. The summed E-state index contributed by atoms with van der Waals surface area (Å²) in [4.78, 5) is 1.38. The zero-order chi connectivity index (χ0) is 6.53. The van der Waals surface area contributed by atoms with Gasteiger partial charge in [-0.25, -0.2) is 0 Å². The van der Waals surface area contributed by atoms with Crippen LogP contribution in [-0.2, 0) is 0 Å². The van der Waals surface area contributed by atoms with Crippen LogP contribution in [0.15, 0.2) is 35.8 Å². The molecule has 0 N–H and O–H groups in total. The smallest absolute Gasteiger partial charge is 0.0158 e. The molecule has 0 aromatic rings. The first kappa shape index (κ1) is 6.69. The van der Waals surface area contributed by atoms with Crippen LogP contribution in [0.4, 0.5) is 0 Å². The van der Waals surface area contributed by atoms with Gasteiger partial charge in [-0.05, 0) is 6.42 Å². The lowest BCUT2D eigenvalue weighted by atomic mass is 10.5. The van der Waals surface area contributed by atoms with Crippen LogP contribution < -0.4 is 0 Å². The predicted octanol–water partition coefficient (Wildman–Crippen LogP) is 2.75. The average Bonchev–Trinajstić information content (AvgIpc) is 2.34. The minimum Gasteiger partial charge on any atom is -0.122 e. The molecule has 1 aliphatic rings. The van der Waals surface area contributed by atoms with Crippen molar-refractivity contribution in [3.63, 3.8) is 0 Å². The van der Waals surface area contributed by atoms with E-state index in [2.05, 4.69) is 24.8 Å². The molecule has 0 saturated heterocycles. The summed E-state index contributed by atoms with van der Waals surface area (Å²) in [6.07, 6.45) is 9.60. The highest BCUT2D eigenvalue weighted by molar-refractivity contribution is 8.03. The number of rotatable bonds is 3. The highest BCUT2D eigenvalue weighted by Crippen LogP contribution is 2.21. The third-order valence-electron chi connectivity index (χ3n) is 1.11. The molecule has 0 spiro atoms. The van der Waals surface area contributed by atoms with Gasteiger partial charge in [0, 0.05) is 10.7 Å². The van der Waals surface area contributed by atoms with Crippen LogP contribution in [0.2, 0.25) is 0 Å². The molecular weight excluding hydrogens is 128 g/mol. The number of hydrogen-bond acceptors (Lipinski definition) is 1. The van der Waals surface area contributed by atoms with Gasteiger partial charge in [-0.2, -0.15) is 0 Å². The van der Waals surface area contributed by atoms with E-state index in [9.17, 15) is 0 Å². The highest BCUT2D eigenvalue weighted by atomic mass is 32.2. The SMILES string of the molecule is C=CCSC1=CCC=C1. The molecule has 0 aromatic carbocycles. The van der Waals surface area contributed by atoms with Crippen LogP contribution in [0.5, 0.6) is 0 Å². The molecule has 48 valence electrons.